The number of nitrogens with zero attached hydrogens (tertiary/aromatic N) is 3. The van der Waals surface area contributed by atoms with Crippen molar-refractivity contribution in [1.29, 1.82) is 0 Å². The summed E-state index contributed by atoms with van der Waals surface area (Å²) in [5.74, 6) is 0. The van der Waals surface area contributed by atoms with Gasteiger partial charge in [-0.05, 0) is 42.3 Å². The number of hydrogen-bond donors (Lipinski definition) is 0. The van der Waals surface area contributed by atoms with Crippen molar-refractivity contribution >= 4 is 16.7 Å². The van der Waals surface area contributed by atoms with Crippen molar-refractivity contribution in [2.75, 3.05) is 31.2 Å². The van der Waals surface area contributed by atoms with Gasteiger partial charge in [-0.15, -0.1) is 0 Å². The van der Waals surface area contributed by atoms with Gasteiger partial charge < -0.3 is 14.2 Å². The molecule has 0 atom stereocenters. The van der Waals surface area contributed by atoms with Gasteiger partial charge in [0.1, 0.15) is 0 Å². The summed E-state index contributed by atoms with van der Waals surface area (Å²) in [7, 11) is 0. The third kappa shape index (κ3) is 3.51. The number of hydrogen-bond acceptors (Lipinski definition) is 3. The standard InChI is InChI=1S/C20H20F3N3O/c1-14-15(3-2-4-17(14)20(21,22)23)12-26-13-24-18-6-5-16(11-19(18)26)25-7-9-27-10-8-25/h2-6,11,13H,7-10,12H2,1H3. The van der Waals surface area contributed by atoms with Crippen molar-refractivity contribution in [1.82, 2.24) is 9.55 Å². The lowest BCUT2D eigenvalue weighted by atomic mass is 10.0. The van der Waals surface area contributed by atoms with E-state index in [-0.39, 0.29) is 5.56 Å². The molecule has 0 radical (unpaired) electrons. The minimum Gasteiger partial charge on any atom is -0.378 e. The number of anilines is 1. The molecule has 1 saturated heterocycles. The molecule has 0 amide bonds. The quantitative estimate of drug-likeness (QED) is 0.686. The van der Waals surface area contributed by atoms with Gasteiger partial charge in [0.2, 0.25) is 0 Å². The summed E-state index contributed by atoms with van der Waals surface area (Å²) in [6.07, 6.45) is -2.66. The highest BCUT2D eigenvalue weighted by atomic mass is 19.4. The number of ether oxygens (including phenoxy) is 1. The van der Waals surface area contributed by atoms with Crippen LogP contribution in [0.4, 0.5) is 18.9 Å². The Kier molecular flexibility index (Phi) is 4.55. The highest BCUT2D eigenvalue weighted by Gasteiger charge is 2.32. The monoisotopic (exact) mass is 375 g/mol. The maximum absolute atomic E-state index is 13.2. The van der Waals surface area contributed by atoms with Gasteiger partial charge in [0.15, 0.2) is 0 Å². The summed E-state index contributed by atoms with van der Waals surface area (Å²) in [5, 5.41) is 0. The number of fused-ring (bicyclic) bond motifs is 1. The first-order valence-corrected chi connectivity index (χ1v) is 8.87. The molecule has 1 aliphatic rings. The van der Waals surface area contributed by atoms with E-state index in [9.17, 15) is 13.2 Å². The molecule has 142 valence electrons. The molecule has 2 aromatic carbocycles. The van der Waals surface area contributed by atoms with Crippen LogP contribution in [0.1, 0.15) is 16.7 Å². The maximum Gasteiger partial charge on any atom is 0.416 e. The van der Waals surface area contributed by atoms with Crippen molar-refractivity contribution in [2.45, 2.75) is 19.6 Å². The fraction of sp³-hybridized carbons (Fsp3) is 0.350. The van der Waals surface area contributed by atoms with Gasteiger partial charge in [-0.3, -0.25) is 0 Å². The van der Waals surface area contributed by atoms with Crippen LogP contribution < -0.4 is 4.90 Å². The van der Waals surface area contributed by atoms with Crippen LogP contribution in [0.25, 0.3) is 11.0 Å². The lowest BCUT2D eigenvalue weighted by molar-refractivity contribution is -0.138. The lowest BCUT2D eigenvalue weighted by Gasteiger charge is -2.28. The molecule has 0 spiro atoms. The Morgan fingerprint density at radius 2 is 1.89 bits per heavy atom. The minimum atomic E-state index is -4.35. The van der Waals surface area contributed by atoms with Crippen molar-refractivity contribution in [3.63, 3.8) is 0 Å². The fourth-order valence-corrected chi connectivity index (χ4v) is 3.53. The molecule has 4 rings (SSSR count). The molecule has 3 aromatic rings. The van der Waals surface area contributed by atoms with E-state index in [0.29, 0.717) is 25.3 Å². The van der Waals surface area contributed by atoms with Crippen LogP contribution in [0, 0.1) is 6.92 Å². The molecule has 0 saturated carbocycles. The van der Waals surface area contributed by atoms with E-state index in [4.69, 9.17) is 4.74 Å². The first kappa shape index (κ1) is 17.9. The summed E-state index contributed by atoms with van der Waals surface area (Å²) in [5.41, 5.74) is 3.14. The molecule has 7 heteroatoms. The Bertz CT molecular complexity index is 959. The third-order valence-corrected chi connectivity index (χ3v) is 5.07. The maximum atomic E-state index is 13.2. The van der Waals surface area contributed by atoms with Crippen LogP contribution in [0.15, 0.2) is 42.7 Å². The number of imidazole rings is 1. The molecule has 27 heavy (non-hydrogen) atoms. The number of benzene rings is 2. The second kappa shape index (κ2) is 6.88. The summed E-state index contributed by atoms with van der Waals surface area (Å²) < 4.78 is 46.9. The zero-order chi connectivity index (χ0) is 19.0. The van der Waals surface area contributed by atoms with Gasteiger partial charge in [0.05, 0.1) is 36.1 Å². The van der Waals surface area contributed by atoms with Crippen molar-refractivity contribution < 1.29 is 17.9 Å². The minimum absolute atomic E-state index is 0.260. The molecule has 0 bridgehead atoms. The predicted molar refractivity (Wildman–Crippen MR) is 98.0 cm³/mol. The molecule has 4 nitrogen and oxygen atoms in total. The Morgan fingerprint density at radius 3 is 2.63 bits per heavy atom. The largest absolute Gasteiger partial charge is 0.416 e. The predicted octanol–water partition coefficient (Wildman–Crippen LogP) is 4.25. The lowest BCUT2D eigenvalue weighted by Crippen LogP contribution is -2.36. The van der Waals surface area contributed by atoms with Crippen LogP contribution >= 0.6 is 0 Å². The zero-order valence-electron chi connectivity index (χ0n) is 15.0. The summed E-state index contributed by atoms with van der Waals surface area (Å²) in [6, 6.07) is 10.4. The van der Waals surface area contributed by atoms with E-state index in [0.717, 1.165) is 35.9 Å². The van der Waals surface area contributed by atoms with Gasteiger partial charge in [0.25, 0.3) is 0 Å². The smallest absolute Gasteiger partial charge is 0.378 e. The van der Waals surface area contributed by atoms with Crippen LogP contribution in [0.2, 0.25) is 0 Å². The van der Waals surface area contributed by atoms with Gasteiger partial charge in [0, 0.05) is 25.3 Å². The Hall–Kier alpha value is -2.54. The number of morpholine rings is 1. The number of rotatable bonds is 3. The van der Waals surface area contributed by atoms with Gasteiger partial charge in [-0.2, -0.15) is 13.2 Å². The zero-order valence-corrected chi connectivity index (χ0v) is 15.0. The average molecular weight is 375 g/mol. The SMILES string of the molecule is Cc1c(Cn2cnc3ccc(N4CCOCC4)cc32)cccc1C(F)(F)F. The van der Waals surface area contributed by atoms with Crippen LogP contribution in [0.5, 0.6) is 0 Å². The summed E-state index contributed by atoms with van der Waals surface area (Å²) >= 11 is 0. The normalized spacial score (nSPS) is 15.5. The fourth-order valence-electron chi connectivity index (χ4n) is 3.53. The molecule has 0 aliphatic carbocycles. The topological polar surface area (TPSA) is 30.3 Å². The van der Waals surface area contributed by atoms with E-state index >= 15 is 0 Å². The van der Waals surface area contributed by atoms with E-state index in [1.165, 1.54) is 13.0 Å². The van der Waals surface area contributed by atoms with Crippen molar-refractivity contribution in [3.8, 4) is 0 Å². The molecule has 1 aliphatic heterocycles. The summed E-state index contributed by atoms with van der Waals surface area (Å²) in [6.45, 7) is 4.91. The second-order valence-corrected chi connectivity index (χ2v) is 6.73. The van der Waals surface area contributed by atoms with Crippen LogP contribution in [-0.2, 0) is 17.5 Å². The van der Waals surface area contributed by atoms with E-state index < -0.39 is 11.7 Å². The number of halogens is 3. The van der Waals surface area contributed by atoms with E-state index in [2.05, 4.69) is 16.0 Å². The van der Waals surface area contributed by atoms with Gasteiger partial charge in [-0.25, -0.2) is 4.98 Å². The molecule has 1 fully saturated rings. The van der Waals surface area contributed by atoms with Gasteiger partial charge >= 0.3 is 6.18 Å². The molecule has 1 aromatic heterocycles. The molecular formula is C20H20F3N3O. The van der Waals surface area contributed by atoms with E-state index in [1.54, 1.807) is 12.4 Å². The Labute approximate surface area is 155 Å². The molecule has 0 unspecified atom stereocenters. The number of aromatic nitrogens is 2. The van der Waals surface area contributed by atoms with Crippen molar-refractivity contribution in [2.24, 2.45) is 0 Å². The number of alkyl halides is 3. The van der Waals surface area contributed by atoms with Crippen LogP contribution in [0.3, 0.4) is 0 Å². The van der Waals surface area contributed by atoms with Crippen LogP contribution in [-0.4, -0.2) is 35.9 Å². The molecule has 0 N–H and O–H groups in total. The highest BCUT2D eigenvalue weighted by Crippen LogP contribution is 2.33. The van der Waals surface area contributed by atoms with Crippen molar-refractivity contribution in [3.05, 3.63) is 59.4 Å². The highest BCUT2D eigenvalue weighted by molar-refractivity contribution is 5.80. The van der Waals surface area contributed by atoms with E-state index in [1.807, 2.05) is 16.7 Å². The third-order valence-electron chi connectivity index (χ3n) is 5.07. The average Bonchev–Trinajstić information content (AvgIpc) is 3.05. The summed E-state index contributed by atoms with van der Waals surface area (Å²) in [4.78, 5) is 6.65. The second-order valence-electron chi connectivity index (χ2n) is 6.73. The first-order valence-electron chi connectivity index (χ1n) is 8.87. The molecule has 2 heterocycles. The Morgan fingerprint density at radius 1 is 1.11 bits per heavy atom. The Balaban J connectivity index is 1.68. The first-order chi connectivity index (χ1) is 12.9. The molecular weight excluding hydrogens is 355 g/mol. The van der Waals surface area contributed by atoms with Gasteiger partial charge in [-0.1, -0.05) is 12.1 Å².